The average Bonchev–Trinajstić information content (AvgIpc) is 3.47. The molecule has 0 aliphatic carbocycles. The predicted octanol–water partition coefficient (Wildman–Crippen LogP) is 25.8. The summed E-state index contributed by atoms with van der Waals surface area (Å²) in [5.41, 5.74) is 0. The minimum atomic E-state index is -0.763. The Balaban J connectivity index is 3.99. The zero-order valence-corrected chi connectivity index (χ0v) is 55.6. The van der Waals surface area contributed by atoms with Crippen LogP contribution in [0.25, 0.3) is 0 Å². The van der Waals surface area contributed by atoms with Crippen molar-refractivity contribution in [3.05, 3.63) is 0 Å². The summed E-state index contributed by atoms with van der Waals surface area (Å²) in [5, 5.41) is 0. The third kappa shape index (κ3) is 69.1. The van der Waals surface area contributed by atoms with Gasteiger partial charge in [0, 0.05) is 19.3 Å². The standard InChI is InChI=1S/C75H146O6/c1-4-7-10-13-16-19-22-25-27-29-30-31-32-33-34-35-36-37-38-39-40-41-42-43-44-45-46-47-49-50-53-56-59-62-65-68-74(77)80-71-72(70-79-73(76)67-64-61-58-55-52-24-21-18-15-12-9-6-3)81-75(78)69-66-63-60-57-54-51-48-28-26-23-20-17-14-11-8-5-2/h72H,4-71H2,1-3H3. The Morgan fingerprint density at radius 2 is 0.333 bits per heavy atom. The molecule has 0 rings (SSSR count). The van der Waals surface area contributed by atoms with Crippen molar-refractivity contribution in [1.82, 2.24) is 0 Å². The van der Waals surface area contributed by atoms with E-state index in [0.29, 0.717) is 19.3 Å². The Kier molecular flexibility index (Phi) is 69.5. The molecule has 81 heavy (non-hydrogen) atoms. The van der Waals surface area contributed by atoms with E-state index in [-0.39, 0.29) is 31.1 Å². The summed E-state index contributed by atoms with van der Waals surface area (Å²) >= 11 is 0. The van der Waals surface area contributed by atoms with Crippen LogP contribution in [-0.4, -0.2) is 37.2 Å². The van der Waals surface area contributed by atoms with Gasteiger partial charge in [-0.25, -0.2) is 0 Å². The molecule has 0 saturated carbocycles. The largest absolute Gasteiger partial charge is 0.462 e. The van der Waals surface area contributed by atoms with Crippen LogP contribution in [0.3, 0.4) is 0 Å². The Labute approximate surface area is 508 Å². The van der Waals surface area contributed by atoms with E-state index in [1.807, 2.05) is 0 Å². The third-order valence-electron chi connectivity index (χ3n) is 17.6. The number of unbranched alkanes of at least 4 members (excludes halogenated alkanes) is 60. The van der Waals surface area contributed by atoms with Crippen molar-refractivity contribution in [1.29, 1.82) is 0 Å². The minimum absolute atomic E-state index is 0.0604. The van der Waals surface area contributed by atoms with Gasteiger partial charge in [0.1, 0.15) is 13.2 Å². The fraction of sp³-hybridized carbons (Fsp3) is 0.960. The lowest BCUT2D eigenvalue weighted by Gasteiger charge is -2.18. The fourth-order valence-electron chi connectivity index (χ4n) is 12.0. The monoisotopic (exact) mass is 1140 g/mol. The van der Waals surface area contributed by atoms with Crippen LogP contribution in [0, 0.1) is 0 Å². The van der Waals surface area contributed by atoms with E-state index in [2.05, 4.69) is 20.8 Å². The SMILES string of the molecule is CCCCCCCCCCCCCCCCCCCCCCCCCCCCCCCCCCCCCC(=O)OCC(COC(=O)CCCCCCCCCCCCCC)OC(=O)CCCCCCCCCCCCCCCCCC. The van der Waals surface area contributed by atoms with Gasteiger partial charge in [-0.15, -0.1) is 0 Å². The molecule has 6 heteroatoms. The molecule has 0 aromatic rings. The van der Waals surface area contributed by atoms with Gasteiger partial charge in [-0.1, -0.05) is 406 Å². The lowest BCUT2D eigenvalue weighted by molar-refractivity contribution is -0.167. The molecule has 482 valence electrons. The van der Waals surface area contributed by atoms with Crippen molar-refractivity contribution < 1.29 is 28.6 Å². The van der Waals surface area contributed by atoms with Gasteiger partial charge in [-0.3, -0.25) is 14.4 Å². The van der Waals surface area contributed by atoms with E-state index in [4.69, 9.17) is 14.2 Å². The number of rotatable bonds is 71. The maximum atomic E-state index is 12.9. The number of ether oxygens (including phenoxy) is 3. The van der Waals surface area contributed by atoms with Crippen molar-refractivity contribution in [2.24, 2.45) is 0 Å². The van der Waals surface area contributed by atoms with Gasteiger partial charge in [-0.05, 0) is 19.3 Å². The van der Waals surface area contributed by atoms with Gasteiger partial charge >= 0.3 is 17.9 Å². The number of carbonyl (C=O) groups excluding carboxylic acids is 3. The van der Waals surface area contributed by atoms with Gasteiger partial charge in [0.05, 0.1) is 0 Å². The lowest BCUT2D eigenvalue weighted by atomic mass is 10.0. The first-order valence-corrected chi connectivity index (χ1v) is 37.5. The summed E-state index contributed by atoms with van der Waals surface area (Å²) in [7, 11) is 0. The Morgan fingerprint density at radius 3 is 0.494 bits per heavy atom. The van der Waals surface area contributed by atoms with Gasteiger partial charge in [0.15, 0.2) is 6.10 Å². The van der Waals surface area contributed by atoms with Crippen molar-refractivity contribution in [3.8, 4) is 0 Å². The van der Waals surface area contributed by atoms with Crippen LogP contribution in [0.5, 0.6) is 0 Å². The van der Waals surface area contributed by atoms with Crippen LogP contribution in [0.1, 0.15) is 445 Å². The number of esters is 3. The molecule has 0 aromatic heterocycles. The molecular weight excluding hydrogens is 997 g/mol. The molecule has 0 aliphatic rings. The first kappa shape index (κ1) is 79.4. The van der Waals surface area contributed by atoms with Crippen LogP contribution in [0.4, 0.5) is 0 Å². The van der Waals surface area contributed by atoms with E-state index in [9.17, 15) is 14.4 Å². The molecule has 0 aliphatic heterocycles. The van der Waals surface area contributed by atoms with Crippen LogP contribution in [-0.2, 0) is 28.6 Å². The van der Waals surface area contributed by atoms with Crippen molar-refractivity contribution in [3.63, 3.8) is 0 Å². The molecule has 0 spiro atoms. The number of hydrogen-bond acceptors (Lipinski definition) is 6. The van der Waals surface area contributed by atoms with Gasteiger partial charge in [0.2, 0.25) is 0 Å². The highest BCUT2D eigenvalue weighted by Gasteiger charge is 2.20. The van der Waals surface area contributed by atoms with Crippen LogP contribution < -0.4 is 0 Å². The second kappa shape index (κ2) is 70.9. The molecule has 0 heterocycles. The zero-order valence-electron chi connectivity index (χ0n) is 55.6. The van der Waals surface area contributed by atoms with E-state index in [0.717, 1.165) is 57.8 Å². The highest BCUT2D eigenvalue weighted by Crippen LogP contribution is 2.20. The fourth-order valence-corrected chi connectivity index (χ4v) is 12.0. The van der Waals surface area contributed by atoms with Gasteiger partial charge in [0.25, 0.3) is 0 Å². The smallest absolute Gasteiger partial charge is 0.306 e. The molecule has 0 amide bonds. The quantitative estimate of drug-likeness (QED) is 0.0343. The van der Waals surface area contributed by atoms with E-state index >= 15 is 0 Å². The summed E-state index contributed by atoms with van der Waals surface area (Å²) < 4.78 is 17.0. The highest BCUT2D eigenvalue weighted by atomic mass is 16.6. The lowest BCUT2D eigenvalue weighted by Crippen LogP contribution is -2.30. The maximum absolute atomic E-state index is 12.9. The zero-order chi connectivity index (χ0) is 58.5. The van der Waals surface area contributed by atoms with Crippen LogP contribution in [0.15, 0.2) is 0 Å². The molecule has 6 nitrogen and oxygen atoms in total. The van der Waals surface area contributed by atoms with Gasteiger partial charge in [-0.2, -0.15) is 0 Å². The maximum Gasteiger partial charge on any atom is 0.306 e. The van der Waals surface area contributed by atoms with E-state index in [1.54, 1.807) is 0 Å². The summed E-state index contributed by atoms with van der Waals surface area (Å²) in [5.74, 6) is -0.822. The van der Waals surface area contributed by atoms with Crippen LogP contribution in [0.2, 0.25) is 0 Å². The summed E-state index contributed by atoms with van der Waals surface area (Å²) in [6.45, 7) is 6.73. The van der Waals surface area contributed by atoms with Gasteiger partial charge < -0.3 is 14.2 Å². The Hall–Kier alpha value is -1.59. The average molecular weight is 1140 g/mol. The first-order chi connectivity index (χ1) is 40.0. The molecule has 0 N–H and O–H groups in total. The molecule has 1 atom stereocenters. The molecule has 0 fully saturated rings. The molecule has 0 aromatic carbocycles. The normalized spacial score (nSPS) is 11.9. The predicted molar refractivity (Wildman–Crippen MR) is 354 cm³/mol. The highest BCUT2D eigenvalue weighted by molar-refractivity contribution is 5.71. The second-order valence-corrected chi connectivity index (χ2v) is 25.9. The molecular formula is C75H146O6. The summed E-state index contributed by atoms with van der Waals surface area (Å²) in [6.07, 6.45) is 84.6. The number of hydrogen-bond donors (Lipinski definition) is 0. The second-order valence-electron chi connectivity index (χ2n) is 25.9. The van der Waals surface area contributed by atoms with E-state index in [1.165, 1.54) is 347 Å². The molecule has 1 unspecified atom stereocenters. The summed E-state index contributed by atoms with van der Waals surface area (Å²) in [6, 6.07) is 0. The first-order valence-electron chi connectivity index (χ1n) is 37.5. The van der Waals surface area contributed by atoms with Crippen molar-refractivity contribution in [2.75, 3.05) is 13.2 Å². The van der Waals surface area contributed by atoms with Crippen LogP contribution >= 0.6 is 0 Å². The summed E-state index contributed by atoms with van der Waals surface area (Å²) in [4.78, 5) is 38.4. The molecule has 0 saturated heterocycles. The van der Waals surface area contributed by atoms with E-state index < -0.39 is 6.10 Å². The third-order valence-corrected chi connectivity index (χ3v) is 17.6. The Morgan fingerprint density at radius 1 is 0.198 bits per heavy atom. The molecule has 0 bridgehead atoms. The molecule has 0 radical (unpaired) electrons. The van der Waals surface area contributed by atoms with Crippen molar-refractivity contribution in [2.45, 2.75) is 451 Å². The Bertz CT molecular complexity index is 1220. The van der Waals surface area contributed by atoms with Crippen molar-refractivity contribution >= 4 is 17.9 Å². The minimum Gasteiger partial charge on any atom is -0.462 e. The number of carbonyl (C=O) groups is 3. The topological polar surface area (TPSA) is 78.9 Å².